The summed E-state index contributed by atoms with van der Waals surface area (Å²) >= 11 is 0. The number of imidazole rings is 1. The van der Waals surface area contributed by atoms with E-state index in [1.807, 2.05) is 44.4 Å². The number of aryl methyl sites for hydroxylation is 2. The van der Waals surface area contributed by atoms with Gasteiger partial charge in [0.1, 0.15) is 5.52 Å². The van der Waals surface area contributed by atoms with Crippen molar-refractivity contribution >= 4 is 21.2 Å². The van der Waals surface area contributed by atoms with E-state index in [1.54, 1.807) is 16.6 Å². The quantitative estimate of drug-likeness (QED) is 0.710. The highest BCUT2D eigenvalue weighted by molar-refractivity contribution is 7.89. The van der Waals surface area contributed by atoms with Crippen molar-refractivity contribution in [3.63, 3.8) is 0 Å². The number of pyridine rings is 1. The molecule has 3 aromatic rings. The van der Waals surface area contributed by atoms with Gasteiger partial charge in [-0.05, 0) is 50.5 Å². The summed E-state index contributed by atoms with van der Waals surface area (Å²) in [5, 5.41) is 0. The maximum absolute atomic E-state index is 13.0. The molecule has 0 spiro atoms. The molecule has 1 saturated heterocycles. The molecule has 2 aromatic heterocycles. The van der Waals surface area contributed by atoms with Gasteiger partial charge in [0, 0.05) is 25.3 Å². The maximum atomic E-state index is 13.0. The predicted molar refractivity (Wildman–Crippen MR) is 100 cm³/mol. The van der Waals surface area contributed by atoms with E-state index in [0.29, 0.717) is 18.0 Å². The van der Waals surface area contributed by atoms with Gasteiger partial charge in [-0.3, -0.25) is 0 Å². The predicted octanol–water partition coefficient (Wildman–Crippen LogP) is 3.07. The molecule has 136 valence electrons. The first-order valence-corrected chi connectivity index (χ1v) is 10.3. The van der Waals surface area contributed by atoms with E-state index in [0.717, 1.165) is 35.1 Å². The van der Waals surface area contributed by atoms with Crippen LogP contribution in [0.3, 0.4) is 0 Å². The third kappa shape index (κ3) is 2.91. The van der Waals surface area contributed by atoms with Crippen molar-refractivity contribution in [2.45, 2.75) is 37.6 Å². The standard InChI is InChI=1S/C19H22N4O2S/c1-14-5-6-18(15(2)12-14)26(24,25)22-10-7-16(8-11-22)23-13-21-17-4-3-9-20-19(17)23/h3-6,9,12-13,16H,7-8,10-11H2,1-2H3. The molecule has 26 heavy (non-hydrogen) atoms. The molecule has 1 fully saturated rings. The topological polar surface area (TPSA) is 68.1 Å². The minimum absolute atomic E-state index is 0.223. The molecule has 6 nitrogen and oxygen atoms in total. The Hall–Kier alpha value is -2.25. The molecule has 1 aliphatic rings. The molecule has 7 heteroatoms. The van der Waals surface area contributed by atoms with Crippen LogP contribution < -0.4 is 0 Å². The minimum atomic E-state index is -3.45. The van der Waals surface area contributed by atoms with E-state index in [9.17, 15) is 8.42 Å². The summed E-state index contributed by atoms with van der Waals surface area (Å²) < 4.78 is 29.7. The van der Waals surface area contributed by atoms with Crippen LogP contribution in [0.5, 0.6) is 0 Å². The second kappa shape index (κ2) is 6.48. The van der Waals surface area contributed by atoms with Crippen molar-refractivity contribution < 1.29 is 8.42 Å². The molecule has 0 saturated carbocycles. The number of benzene rings is 1. The number of hydrogen-bond donors (Lipinski definition) is 0. The number of aromatic nitrogens is 3. The van der Waals surface area contributed by atoms with Gasteiger partial charge >= 0.3 is 0 Å². The molecule has 0 N–H and O–H groups in total. The van der Waals surface area contributed by atoms with Crippen molar-refractivity contribution in [1.29, 1.82) is 0 Å². The highest BCUT2D eigenvalue weighted by Crippen LogP contribution is 2.29. The van der Waals surface area contributed by atoms with Crippen molar-refractivity contribution in [2.24, 2.45) is 0 Å². The summed E-state index contributed by atoms with van der Waals surface area (Å²) in [4.78, 5) is 9.23. The van der Waals surface area contributed by atoms with E-state index in [4.69, 9.17) is 0 Å². The molecule has 4 rings (SSSR count). The first-order chi connectivity index (χ1) is 12.5. The number of sulfonamides is 1. The highest BCUT2D eigenvalue weighted by Gasteiger charge is 2.31. The monoisotopic (exact) mass is 370 g/mol. The third-order valence-corrected chi connectivity index (χ3v) is 7.16. The zero-order chi connectivity index (χ0) is 18.3. The normalized spacial score (nSPS) is 17.0. The van der Waals surface area contributed by atoms with Gasteiger partial charge < -0.3 is 4.57 Å². The average molecular weight is 370 g/mol. The van der Waals surface area contributed by atoms with Gasteiger partial charge in [-0.25, -0.2) is 18.4 Å². The molecule has 0 aliphatic carbocycles. The van der Waals surface area contributed by atoms with E-state index >= 15 is 0 Å². The Labute approximate surface area is 153 Å². The molecule has 1 aromatic carbocycles. The Bertz CT molecular complexity index is 1050. The minimum Gasteiger partial charge on any atom is -0.312 e. The highest BCUT2D eigenvalue weighted by atomic mass is 32.2. The van der Waals surface area contributed by atoms with Gasteiger partial charge in [0.25, 0.3) is 0 Å². The van der Waals surface area contributed by atoms with Crippen LogP contribution in [0.1, 0.15) is 30.0 Å². The summed E-state index contributed by atoms with van der Waals surface area (Å²) in [6, 6.07) is 9.54. The molecule has 3 heterocycles. The van der Waals surface area contributed by atoms with Gasteiger partial charge in [0.05, 0.1) is 11.2 Å². The molecule has 0 radical (unpaired) electrons. The van der Waals surface area contributed by atoms with Gasteiger partial charge in [0.2, 0.25) is 10.0 Å². The number of fused-ring (bicyclic) bond motifs is 1. The fourth-order valence-corrected chi connectivity index (χ4v) is 5.40. The first kappa shape index (κ1) is 17.2. The fourth-order valence-electron chi connectivity index (χ4n) is 3.72. The van der Waals surface area contributed by atoms with Crippen molar-refractivity contribution in [1.82, 2.24) is 18.8 Å². The largest absolute Gasteiger partial charge is 0.312 e. The number of hydrogen-bond acceptors (Lipinski definition) is 4. The SMILES string of the molecule is Cc1ccc(S(=O)(=O)N2CCC(n3cnc4cccnc43)CC2)c(C)c1. The van der Waals surface area contributed by atoms with Crippen LogP contribution in [-0.4, -0.2) is 40.3 Å². The van der Waals surface area contributed by atoms with Crippen molar-refractivity contribution in [3.8, 4) is 0 Å². The number of nitrogens with zero attached hydrogens (tertiary/aromatic N) is 4. The summed E-state index contributed by atoms with van der Waals surface area (Å²) in [6.45, 7) is 4.84. The van der Waals surface area contributed by atoms with E-state index in [2.05, 4.69) is 14.5 Å². The molecule has 0 amide bonds. The second-order valence-electron chi connectivity index (χ2n) is 6.90. The molecule has 0 bridgehead atoms. The lowest BCUT2D eigenvalue weighted by Crippen LogP contribution is -2.39. The Morgan fingerprint density at radius 2 is 1.85 bits per heavy atom. The number of piperidine rings is 1. The van der Waals surface area contributed by atoms with Crippen LogP contribution in [0.2, 0.25) is 0 Å². The zero-order valence-corrected chi connectivity index (χ0v) is 15.8. The van der Waals surface area contributed by atoms with Crippen LogP contribution in [-0.2, 0) is 10.0 Å². The van der Waals surface area contributed by atoms with Crippen LogP contribution in [0.15, 0.2) is 47.8 Å². The van der Waals surface area contributed by atoms with Gasteiger partial charge in [-0.15, -0.1) is 0 Å². The maximum Gasteiger partial charge on any atom is 0.243 e. The summed E-state index contributed by atoms with van der Waals surface area (Å²) in [6.07, 6.45) is 5.09. The van der Waals surface area contributed by atoms with Gasteiger partial charge in [0.15, 0.2) is 5.65 Å². The van der Waals surface area contributed by atoms with Crippen LogP contribution in [0.4, 0.5) is 0 Å². The molecule has 1 aliphatic heterocycles. The average Bonchev–Trinajstić information content (AvgIpc) is 3.05. The van der Waals surface area contributed by atoms with E-state index < -0.39 is 10.0 Å². The van der Waals surface area contributed by atoms with Crippen LogP contribution in [0.25, 0.3) is 11.2 Å². The lowest BCUT2D eigenvalue weighted by molar-refractivity contribution is 0.276. The van der Waals surface area contributed by atoms with Crippen molar-refractivity contribution in [3.05, 3.63) is 54.0 Å². The lowest BCUT2D eigenvalue weighted by Gasteiger charge is -2.32. The van der Waals surface area contributed by atoms with Crippen LogP contribution in [0, 0.1) is 13.8 Å². The Balaban J connectivity index is 1.54. The fraction of sp³-hybridized carbons (Fsp3) is 0.368. The molecular weight excluding hydrogens is 348 g/mol. The molecule has 0 atom stereocenters. The first-order valence-electron chi connectivity index (χ1n) is 8.82. The molecular formula is C19H22N4O2S. The van der Waals surface area contributed by atoms with Crippen LogP contribution >= 0.6 is 0 Å². The second-order valence-corrected chi connectivity index (χ2v) is 8.81. The van der Waals surface area contributed by atoms with Gasteiger partial charge in [-0.1, -0.05) is 17.7 Å². The lowest BCUT2D eigenvalue weighted by atomic mass is 10.1. The number of rotatable bonds is 3. The van der Waals surface area contributed by atoms with Crippen molar-refractivity contribution in [2.75, 3.05) is 13.1 Å². The molecule has 0 unspecified atom stereocenters. The Kier molecular flexibility index (Phi) is 4.28. The summed E-state index contributed by atoms with van der Waals surface area (Å²) in [5.41, 5.74) is 3.61. The van der Waals surface area contributed by atoms with E-state index in [1.165, 1.54) is 0 Å². The Morgan fingerprint density at radius 3 is 2.58 bits per heavy atom. The zero-order valence-electron chi connectivity index (χ0n) is 15.0. The summed E-state index contributed by atoms with van der Waals surface area (Å²) in [5.74, 6) is 0. The van der Waals surface area contributed by atoms with Gasteiger partial charge in [-0.2, -0.15) is 4.31 Å². The summed E-state index contributed by atoms with van der Waals surface area (Å²) in [7, 11) is -3.45. The smallest absolute Gasteiger partial charge is 0.243 e. The van der Waals surface area contributed by atoms with E-state index in [-0.39, 0.29) is 6.04 Å². The Morgan fingerprint density at radius 1 is 1.08 bits per heavy atom. The third-order valence-electron chi connectivity index (χ3n) is 5.10.